The van der Waals surface area contributed by atoms with E-state index in [0.717, 1.165) is 5.69 Å². The van der Waals surface area contributed by atoms with E-state index in [1.54, 1.807) is 6.07 Å². The van der Waals surface area contributed by atoms with E-state index in [1.165, 1.54) is 0 Å². The van der Waals surface area contributed by atoms with Gasteiger partial charge < -0.3 is 10.6 Å². The van der Waals surface area contributed by atoms with Crippen molar-refractivity contribution >= 4 is 17.7 Å². The fraction of sp³-hybridized carbons (Fsp3) is 0.545. The maximum atomic E-state index is 11.4. The number of amides is 1. The molecular weight excluding hydrogens is 232 g/mol. The first-order valence-electron chi connectivity index (χ1n) is 5.87. The van der Waals surface area contributed by atoms with Crippen molar-refractivity contribution in [1.82, 2.24) is 15.3 Å². The summed E-state index contributed by atoms with van der Waals surface area (Å²) in [6, 6.07) is 1.95. The molecule has 0 fully saturated rings. The molecular formula is C11H20N6O. The number of hydrogen-bond acceptors (Lipinski definition) is 6. The van der Waals surface area contributed by atoms with Crippen molar-refractivity contribution in [3.63, 3.8) is 0 Å². The van der Waals surface area contributed by atoms with Crippen LogP contribution in [0.4, 0.5) is 11.8 Å². The molecule has 1 aromatic rings. The fourth-order valence-electron chi connectivity index (χ4n) is 1.42. The van der Waals surface area contributed by atoms with E-state index in [9.17, 15) is 4.79 Å². The Morgan fingerprint density at radius 2 is 2.17 bits per heavy atom. The van der Waals surface area contributed by atoms with Crippen LogP contribution in [0.25, 0.3) is 0 Å². The predicted molar refractivity (Wildman–Crippen MR) is 71.0 cm³/mol. The molecule has 18 heavy (non-hydrogen) atoms. The molecule has 1 rings (SSSR count). The third kappa shape index (κ3) is 4.96. The van der Waals surface area contributed by atoms with Gasteiger partial charge in [-0.25, -0.2) is 10.8 Å². The molecule has 5 N–H and O–H groups in total. The predicted octanol–water partition coefficient (Wildman–Crippen LogP) is 0.397. The van der Waals surface area contributed by atoms with E-state index < -0.39 is 0 Å². The van der Waals surface area contributed by atoms with Crippen molar-refractivity contribution in [2.24, 2.45) is 5.84 Å². The highest BCUT2D eigenvalue weighted by atomic mass is 16.1. The topological polar surface area (TPSA) is 105 Å². The van der Waals surface area contributed by atoms with Crippen LogP contribution in [0.3, 0.4) is 0 Å². The summed E-state index contributed by atoms with van der Waals surface area (Å²) in [5, 5.41) is 5.88. The summed E-state index contributed by atoms with van der Waals surface area (Å²) in [6.07, 6.45) is 0.395. The van der Waals surface area contributed by atoms with Gasteiger partial charge in [-0.15, -0.1) is 0 Å². The van der Waals surface area contributed by atoms with Crippen LogP contribution in [0.15, 0.2) is 6.07 Å². The average molecular weight is 252 g/mol. The number of nitrogens with zero attached hydrogens (tertiary/aromatic N) is 2. The van der Waals surface area contributed by atoms with E-state index in [4.69, 9.17) is 5.84 Å². The third-order valence-corrected chi connectivity index (χ3v) is 2.09. The minimum absolute atomic E-state index is 0.0143. The second kappa shape index (κ2) is 6.75. The average Bonchev–Trinajstić information content (AvgIpc) is 2.27. The van der Waals surface area contributed by atoms with Gasteiger partial charge >= 0.3 is 0 Å². The summed E-state index contributed by atoms with van der Waals surface area (Å²) in [4.78, 5) is 19.6. The minimum Gasteiger partial charge on any atom is -0.369 e. The number of carbonyl (C=O) groups excluding carboxylic acids is 1. The van der Waals surface area contributed by atoms with E-state index in [-0.39, 0.29) is 11.9 Å². The molecule has 7 heteroatoms. The zero-order valence-corrected chi connectivity index (χ0v) is 10.9. The molecule has 0 aliphatic heterocycles. The van der Waals surface area contributed by atoms with Crippen molar-refractivity contribution in [3.8, 4) is 0 Å². The maximum absolute atomic E-state index is 11.4. The highest BCUT2D eigenvalue weighted by molar-refractivity contribution is 5.76. The van der Waals surface area contributed by atoms with Crippen LogP contribution in [-0.2, 0) is 4.79 Å². The van der Waals surface area contributed by atoms with Gasteiger partial charge in [-0.1, -0.05) is 0 Å². The molecule has 7 nitrogen and oxygen atoms in total. The second-order valence-electron chi connectivity index (χ2n) is 4.26. The lowest BCUT2D eigenvalue weighted by atomic mass is 10.3. The lowest BCUT2D eigenvalue weighted by molar-refractivity contribution is -0.121. The Kier molecular flexibility index (Phi) is 5.31. The van der Waals surface area contributed by atoms with Gasteiger partial charge in [0, 0.05) is 30.8 Å². The van der Waals surface area contributed by atoms with Gasteiger partial charge in [0.2, 0.25) is 11.9 Å². The number of aryl methyl sites for hydroxylation is 1. The Balaban J connectivity index is 2.44. The van der Waals surface area contributed by atoms with E-state index in [0.29, 0.717) is 24.7 Å². The number of aromatic nitrogens is 2. The van der Waals surface area contributed by atoms with Crippen LogP contribution in [0.5, 0.6) is 0 Å². The number of anilines is 2. The summed E-state index contributed by atoms with van der Waals surface area (Å²) in [5.41, 5.74) is 3.19. The number of hydrogen-bond donors (Lipinski definition) is 4. The summed E-state index contributed by atoms with van der Waals surface area (Å²) < 4.78 is 0. The molecule has 0 atom stereocenters. The van der Waals surface area contributed by atoms with Gasteiger partial charge in [-0.05, 0) is 20.8 Å². The summed E-state index contributed by atoms with van der Waals surface area (Å²) >= 11 is 0. The molecule has 0 saturated carbocycles. The summed E-state index contributed by atoms with van der Waals surface area (Å²) in [7, 11) is 0. The molecule has 1 aromatic heterocycles. The highest BCUT2D eigenvalue weighted by Crippen LogP contribution is 2.08. The van der Waals surface area contributed by atoms with Crippen molar-refractivity contribution in [1.29, 1.82) is 0 Å². The van der Waals surface area contributed by atoms with Gasteiger partial charge in [0.15, 0.2) is 0 Å². The van der Waals surface area contributed by atoms with Crippen LogP contribution in [0.1, 0.15) is 26.0 Å². The number of carbonyl (C=O) groups is 1. The lowest BCUT2D eigenvalue weighted by Crippen LogP contribution is -2.31. The van der Waals surface area contributed by atoms with Gasteiger partial charge in [0.1, 0.15) is 5.82 Å². The first-order valence-corrected chi connectivity index (χ1v) is 5.87. The molecule has 0 unspecified atom stereocenters. The molecule has 1 heterocycles. The van der Waals surface area contributed by atoms with Crippen molar-refractivity contribution in [2.75, 3.05) is 17.3 Å². The Labute approximate surface area is 107 Å². The fourth-order valence-corrected chi connectivity index (χ4v) is 1.42. The van der Waals surface area contributed by atoms with Crippen LogP contribution in [0, 0.1) is 6.92 Å². The van der Waals surface area contributed by atoms with Crippen molar-refractivity contribution in [2.45, 2.75) is 33.2 Å². The number of rotatable bonds is 6. The molecule has 0 aliphatic carbocycles. The number of nitrogens with one attached hydrogen (secondary N) is 3. The van der Waals surface area contributed by atoms with Gasteiger partial charge in [0.25, 0.3) is 0 Å². The Morgan fingerprint density at radius 3 is 2.78 bits per heavy atom. The van der Waals surface area contributed by atoms with Gasteiger partial charge in [-0.2, -0.15) is 4.98 Å². The smallest absolute Gasteiger partial charge is 0.239 e. The molecule has 0 spiro atoms. The van der Waals surface area contributed by atoms with E-state index in [2.05, 4.69) is 26.0 Å². The molecule has 0 saturated heterocycles. The zero-order valence-electron chi connectivity index (χ0n) is 10.9. The SMILES string of the molecule is Cc1cc(NCCC(=O)NC(C)C)nc(NN)n1. The molecule has 0 bridgehead atoms. The summed E-state index contributed by atoms with van der Waals surface area (Å²) in [6.45, 7) is 6.22. The lowest BCUT2D eigenvalue weighted by Gasteiger charge is -2.10. The number of nitrogens with two attached hydrogens (primary N) is 1. The third-order valence-electron chi connectivity index (χ3n) is 2.09. The second-order valence-corrected chi connectivity index (χ2v) is 4.26. The van der Waals surface area contributed by atoms with Gasteiger partial charge in [0.05, 0.1) is 0 Å². The Hall–Kier alpha value is -1.89. The van der Waals surface area contributed by atoms with Crippen molar-refractivity contribution in [3.05, 3.63) is 11.8 Å². The molecule has 0 radical (unpaired) electrons. The van der Waals surface area contributed by atoms with Crippen LogP contribution in [0.2, 0.25) is 0 Å². The molecule has 0 aliphatic rings. The zero-order chi connectivity index (χ0) is 13.5. The highest BCUT2D eigenvalue weighted by Gasteiger charge is 2.04. The maximum Gasteiger partial charge on any atom is 0.239 e. The van der Waals surface area contributed by atoms with Crippen LogP contribution in [-0.4, -0.2) is 28.5 Å². The number of hydrazine groups is 1. The van der Waals surface area contributed by atoms with E-state index in [1.807, 2.05) is 20.8 Å². The quantitative estimate of drug-likeness (QED) is 0.431. The molecule has 100 valence electrons. The molecule has 0 aromatic carbocycles. The van der Waals surface area contributed by atoms with Crippen molar-refractivity contribution < 1.29 is 4.79 Å². The Bertz CT molecular complexity index is 407. The largest absolute Gasteiger partial charge is 0.369 e. The minimum atomic E-state index is 0.0143. The summed E-state index contributed by atoms with van der Waals surface area (Å²) in [5.74, 6) is 6.26. The first-order chi connectivity index (χ1) is 8.51. The van der Waals surface area contributed by atoms with Crippen LogP contribution < -0.4 is 21.9 Å². The number of nitrogen functional groups attached to an aromatic ring is 1. The van der Waals surface area contributed by atoms with Crippen LogP contribution >= 0.6 is 0 Å². The Morgan fingerprint density at radius 1 is 1.44 bits per heavy atom. The first kappa shape index (κ1) is 14.2. The van der Waals surface area contributed by atoms with E-state index >= 15 is 0 Å². The van der Waals surface area contributed by atoms with Gasteiger partial charge in [-0.3, -0.25) is 10.2 Å². The molecule has 1 amide bonds. The normalized spacial score (nSPS) is 10.3. The standard InChI is InChI=1S/C11H20N6O/c1-7(2)14-10(18)4-5-13-9-6-8(3)15-11(16-9)17-12/h6-7H,4-5,12H2,1-3H3,(H,14,18)(H2,13,15,16,17). The monoisotopic (exact) mass is 252 g/mol.